The van der Waals surface area contributed by atoms with Gasteiger partial charge < -0.3 is 55.8 Å². The van der Waals surface area contributed by atoms with Gasteiger partial charge in [0.15, 0.2) is 6.23 Å². The highest BCUT2D eigenvalue weighted by Gasteiger charge is 2.57. The summed E-state index contributed by atoms with van der Waals surface area (Å²) in [5.41, 5.74) is 4.52. The molecule has 3 heterocycles. The van der Waals surface area contributed by atoms with Gasteiger partial charge in [-0.2, -0.15) is 4.98 Å². The molecule has 2 saturated heterocycles. The first kappa shape index (κ1) is 30.9. The van der Waals surface area contributed by atoms with E-state index in [9.17, 15) is 49.7 Å². The first-order chi connectivity index (χ1) is 17.6. The summed E-state index contributed by atoms with van der Waals surface area (Å²) in [7, 11) is 0. The normalized spacial score (nSPS) is 36.9. The van der Waals surface area contributed by atoms with E-state index >= 15 is 0 Å². The molecular weight excluding hydrogens is 557 g/mol. The molecular formula is C19H30N3O14PS. The number of aliphatic carboxylic acids is 1. The van der Waals surface area contributed by atoms with E-state index in [0.29, 0.717) is 0 Å². The largest absolute Gasteiger partial charge is 0.478 e. The molecule has 1 aromatic rings. The van der Waals surface area contributed by atoms with Gasteiger partial charge in [-0.1, -0.05) is 6.92 Å². The Morgan fingerprint density at radius 3 is 2.61 bits per heavy atom. The van der Waals surface area contributed by atoms with Crippen LogP contribution in [0.15, 0.2) is 17.1 Å². The Labute approximate surface area is 218 Å². The summed E-state index contributed by atoms with van der Waals surface area (Å²) in [4.78, 5) is 35.5. The van der Waals surface area contributed by atoms with E-state index in [1.54, 1.807) is 0 Å². The number of nitrogens with two attached hydrogens (primary N) is 1. The number of nitrogen functional groups attached to an aromatic ring is 1. The van der Waals surface area contributed by atoms with E-state index in [2.05, 4.69) is 4.98 Å². The van der Waals surface area contributed by atoms with Gasteiger partial charge in [-0.15, -0.1) is 0 Å². The molecule has 0 aromatic carbocycles. The molecule has 216 valence electrons. The molecule has 0 amide bonds. The van der Waals surface area contributed by atoms with Crippen molar-refractivity contribution in [3.05, 3.63) is 22.7 Å². The molecule has 2 aliphatic heterocycles. The van der Waals surface area contributed by atoms with Crippen LogP contribution in [0, 0.1) is 5.92 Å². The summed E-state index contributed by atoms with van der Waals surface area (Å²) in [5.74, 6) is -2.84. The minimum Gasteiger partial charge on any atom is -0.478 e. The lowest BCUT2D eigenvalue weighted by Crippen LogP contribution is -2.58. The van der Waals surface area contributed by atoms with Crippen LogP contribution in [0.5, 0.6) is 0 Å². The fourth-order valence-electron chi connectivity index (χ4n) is 4.10. The molecule has 0 spiro atoms. The third-order valence-electron chi connectivity index (χ3n) is 6.30. The SMILES string of the molecule is C[C@H]1C([C@H](O)[C@H](O)CO)OC(SP(=O)(O)OC[C@H]2O[C@@H](n3ccc(N)nc3=O)C(O)[C@H]2O)(C(=O)O)C[C@@H]1O. The molecule has 17 nitrogen and oxygen atoms in total. The summed E-state index contributed by atoms with van der Waals surface area (Å²) in [5, 5.41) is 70.1. The lowest BCUT2D eigenvalue weighted by molar-refractivity contribution is -0.212. The summed E-state index contributed by atoms with van der Waals surface area (Å²) < 4.78 is 29.5. The fourth-order valence-corrected chi connectivity index (χ4v) is 7.38. The number of anilines is 1. The zero-order valence-corrected chi connectivity index (χ0v) is 21.5. The number of carbonyl (C=O) groups is 1. The maximum atomic E-state index is 12.9. The van der Waals surface area contributed by atoms with Crippen LogP contribution in [0.1, 0.15) is 19.6 Å². The lowest BCUT2D eigenvalue weighted by atomic mass is 9.85. The van der Waals surface area contributed by atoms with Crippen LogP contribution in [-0.4, -0.2) is 117 Å². The Bertz CT molecular complexity index is 1110. The summed E-state index contributed by atoms with van der Waals surface area (Å²) in [6.07, 6.45) is -12.5. The third-order valence-corrected chi connectivity index (χ3v) is 9.63. The quantitative estimate of drug-likeness (QED) is 0.120. The maximum Gasteiger partial charge on any atom is 0.389 e. The van der Waals surface area contributed by atoms with Crippen LogP contribution in [0.3, 0.4) is 0 Å². The standard InChI is InChI=1S/C19H30N3O14PS/c1-7-8(24)4-19(17(29)30,36-15(7)12(26)9(25)5-23)38-37(32,33)34-6-10-13(27)14(28)16(35-10)22-3-2-11(20)21-18(22)31/h2-3,7-10,12-16,23-28H,4-6H2,1H3,(H,29,30)(H,32,33)(H2,20,21,31)/t7-,8+,9-,10-,12-,13+,14?,15?,16-,19?/m1/s1. The monoisotopic (exact) mass is 587 g/mol. The van der Waals surface area contributed by atoms with Gasteiger partial charge in [0.05, 0.1) is 25.4 Å². The number of carboxylic acids is 1. The van der Waals surface area contributed by atoms with E-state index in [1.807, 2.05) is 0 Å². The fraction of sp³-hybridized carbons (Fsp3) is 0.737. The average molecular weight is 587 g/mol. The predicted molar refractivity (Wildman–Crippen MR) is 126 cm³/mol. The van der Waals surface area contributed by atoms with Crippen LogP contribution < -0.4 is 11.4 Å². The van der Waals surface area contributed by atoms with Gasteiger partial charge in [-0.3, -0.25) is 9.09 Å². The van der Waals surface area contributed by atoms with Gasteiger partial charge in [-0.05, 0) is 6.07 Å². The van der Waals surface area contributed by atoms with Crippen molar-refractivity contribution in [2.24, 2.45) is 5.92 Å². The van der Waals surface area contributed by atoms with Crippen molar-refractivity contribution in [3.63, 3.8) is 0 Å². The molecule has 4 unspecified atom stereocenters. The number of hydrogen-bond acceptors (Lipinski definition) is 15. The lowest BCUT2D eigenvalue weighted by Gasteiger charge is -2.45. The molecule has 1 aromatic heterocycles. The molecule has 0 radical (unpaired) electrons. The Balaban J connectivity index is 1.74. The van der Waals surface area contributed by atoms with Gasteiger partial charge in [0.2, 0.25) is 4.93 Å². The van der Waals surface area contributed by atoms with Gasteiger partial charge in [0.1, 0.15) is 36.3 Å². The van der Waals surface area contributed by atoms with Crippen LogP contribution in [-0.2, 0) is 23.4 Å². The van der Waals surface area contributed by atoms with E-state index in [1.165, 1.54) is 13.0 Å². The first-order valence-corrected chi connectivity index (χ1v) is 14.2. The van der Waals surface area contributed by atoms with Crippen molar-refractivity contribution in [1.82, 2.24) is 9.55 Å². The Morgan fingerprint density at radius 2 is 2.03 bits per heavy atom. The van der Waals surface area contributed by atoms with E-state index < -0.39 is 97.9 Å². The molecule has 2 aliphatic rings. The highest BCUT2D eigenvalue weighted by molar-refractivity contribution is 8.55. The first-order valence-electron chi connectivity index (χ1n) is 11.2. The summed E-state index contributed by atoms with van der Waals surface area (Å²) >= 11 is -0.216. The highest BCUT2D eigenvalue weighted by atomic mass is 32.7. The highest BCUT2D eigenvalue weighted by Crippen LogP contribution is 2.64. The number of hydrogen-bond donors (Lipinski definition) is 9. The molecule has 0 aliphatic carbocycles. The van der Waals surface area contributed by atoms with Gasteiger partial charge in [0, 0.05) is 29.9 Å². The third kappa shape index (κ3) is 6.38. The van der Waals surface area contributed by atoms with Gasteiger partial charge in [-0.25, -0.2) is 14.2 Å². The summed E-state index contributed by atoms with van der Waals surface area (Å²) in [6.45, 7) is -5.36. The minimum atomic E-state index is -4.98. The molecule has 19 heteroatoms. The second-order valence-electron chi connectivity index (χ2n) is 8.96. The predicted octanol–water partition coefficient (Wildman–Crippen LogP) is -3.42. The molecule has 10 N–H and O–H groups in total. The van der Waals surface area contributed by atoms with Crippen LogP contribution in [0.4, 0.5) is 5.82 Å². The van der Waals surface area contributed by atoms with Crippen molar-refractivity contribution in [3.8, 4) is 0 Å². The summed E-state index contributed by atoms with van der Waals surface area (Å²) in [6, 6.07) is 1.24. The van der Waals surface area contributed by atoms with Crippen LogP contribution in [0.2, 0.25) is 0 Å². The van der Waals surface area contributed by atoms with Crippen molar-refractivity contribution < 1.29 is 64.0 Å². The topological polar surface area (TPSA) is 285 Å². The molecule has 0 saturated carbocycles. The number of rotatable bonds is 10. The van der Waals surface area contributed by atoms with Crippen LogP contribution >= 0.6 is 18.2 Å². The van der Waals surface area contributed by atoms with Gasteiger partial charge in [0.25, 0.3) is 0 Å². The van der Waals surface area contributed by atoms with E-state index in [-0.39, 0.29) is 17.2 Å². The number of aliphatic hydroxyl groups is 6. The molecule has 0 bridgehead atoms. The number of ether oxygens (including phenoxy) is 2. The number of aliphatic hydroxyl groups excluding tert-OH is 6. The Morgan fingerprint density at radius 1 is 1.37 bits per heavy atom. The van der Waals surface area contributed by atoms with Crippen molar-refractivity contribution in [1.29, 1.82) is 0 Å². The minimum absolute atomic E-state index is 0.102. The van der Waals surface area contributed by atoms with Crippen molar-refractivity contribution >= 4 is 30.0 Å². The Hall–Kier alpha value is -1.67. The van der Waals surface area contributed by atoms with Crippen molar-refractivity contribution in [2.45, 2.75) is 67.2 Å². The smallest absolute Gasteiger partial charge is 0.389 e. The Kier molecular flexibility index (Phi) is 9.61. The van der Waals surface area contributed by atoms with E-state index in [4.69, 9.17) is 24.8 Å². The second-order valence-corrected chi connectivity index (χ2v) is 12.9. The maximum absolute atomic E-state index is 12.9. The number of aromatic nitrogens is 2. The van der Waals surface area contributed by atoms with E-state index in [0.717, 1.165) is 10.8 Å². The zero-order valence-electron chi connectivity index (χ0n) is 19.8. The van der Waals surface area contributed by atoms with Gasteiger partial charge >= 0.3 is 18.5 Å². The molecule has 38 heavy (non-hydrogen) atoms. The zero-order chi connectivity index (χ0) is 28.6. The van der Waals surface area contributed by atoms with Crippen LogP contribution in [0.25, 0.3) is 0 Å². The number of nitrogens with zero attached hydrogens (tertiary/aromatic N) is 2. The second kappa shape index (κ2) is 11.8. The van der Waals surface area contributed by atoms with Crippen molar-refractivity contribution in [2.75, 3.05) is 18.9 Å². The number of carboxylic acid groups (broad SMARTS) is 1. The molecule has 2 fully saturated rings. The molecule has 11 atom stereocenters. The molecule has 3 rings (SSSR count). The average Bonchev–Trinajstić information content (AvgIpc) is 3.12.